The highest BCUT2D eigenvalue weighted by molar-refractivity contribution is 5.91. The van der Waals surface area contributed by atoms with Gasteiger partial charge in [0.15, 0.2) is 0 Å². The predicted octanol–water partition coefficient (Wildman–Crippen LogP) is 3.23. The molecule has 1 saturated carbocycles. The van der Waals surface area contributed by atoms with Gasteiger partial charge >= 0.3 is 6.18 Å². The fourth-order valence-electron chi connectivity index (χ4n) is 3.52. The zero-order valence-corrected chi connectivity index (χ0v) is 14.3. The molecule has 1 aliphatic heterocycles. The summed E-state index contributed by atoms with van der Waals surface area (Å²) in [4.78, 5) is 14.7. The van der Waals surface area contributed by atoms with E-state index in [-0.39, 0.29) is 18.3 Å². The average Bonchev–Trinajstić information content (AvgIpc) is 3.20. The number of hydrogen-bond acceptors (Lipinski definition) is 2. The Kier molecular flexibility index (Phi) is 5.50. The smallest absolute Gasteiger partial charge is 0.342 e. The summed E-state index contributed by atoms with van der Waals surface area (Å²) in [6, 6.07) is 5.26. The van der Waals surface area contributed by atoms with Gasteiger partial charge < -0.3 is 10.2 Å². The van der Waals surface area contributed by atoms with E-state index in [1.165, 1.54) is 6.07 Å². The van der Waals surface area contributed by atoms with Crippen molar-refractivity contribution in [1.82, 2.24) is 10.2 Å². The van der Waals surface area contributed by atoms with Crippen molar-refractivity contribution < 1.29 is 18.0 Å². The molecule has 1 aliphatic carbocycles. The van der Waals surface area contributed by atoms with Gasteiger partial charge in [0.05, 0.1) is 11.0 Å². The molecule has 1 saturated heterocycles. The maximum Gasteiger partial charge on any atom is 0.416 e. The van der Waals surface area contributed by atoms with Crippen LogP contribution >= 0.6 is 12.4 Å². The van der Waals surface area contributed by atoms with Crippen molar-refractivity contribution in [2.45, 2.75) is 30.9 Å². The molecule has 134 valence electrons. The highest BCUT2D eigenvalue weighted by Gasteiger charge is 2.54. The Morgan fingerprint density at radius 2 is 2.08 bits per heavy atom. The van der Waals surface area contributed by atoms with Crippen LogP contribution in [0.15, 0.2) is 24.3 Å². The molecule has 1 atom stereocenters. The first-order chi connectivity index (χ1) is 10.9. The number of nitrogens with one attached hydrogen (secondary N) is 1. The summed E-state index contributed by atoms with van der Waals surface area (Å²) in [7, 11) is 1.88. The molecule has 1 aromatic rings. The van der Waals surface area contributed by atoms with Crippen molar-refractivity contribution in [3.8, 4) is 0 Å². The molecule has 1 heterocycles. The second-order valence-corrected chi connectivity index (χ2v) is 6.62. The molecule has 24 heavy (non-hydrogen) atoms. The second kappa shape index (κ2) is 6.92. The van der Waals surface area contributed by atoms with E-state index in [4.69, 9.17) is 0 Å². The largest absolute Gasteiger partial charge is 0.416 e. The van der Waals surface area contributed by atoms with E-state index in [9.17, 15) is 18.0 Å². The van der Waals surface area contributed by atoms with Crippen LogP contribution in [0.5, 0.6) is 0 Å². The van der Waals surface area contributed by atoms with Gasteiger partial charge in [-0.05, 0) is 50.4 Å². The van der Waals surface area contributed by atoms with Gasteiger partial charge in [0.25, 0.3) is 0 Å². The zero-order chi connectivity index (χ0) is 16.7. The topological polar surface area (TPSA) is 32.3 Å². The monoisotopic (exact) mass is 362 g/mol. The molecule has 0 radical (unpaired) electrons. The first-order valence-corrected chi connectivity index (χ1v) is 7.98. The van der Waals surface area contributed by atoms with Crippen LogP contribution in [0.3, 0.4) is 0 Å². The van der Waals surface area contributed by atoms with Crippen LogP contribution in [0.2, 0.25) is 0 Å². The molecule has 7 heteroatoms. The number of benzene rings is 1. The molecule has 0 bridgehead atoms. The first-order valence-electron chi connectivity index (χ1n) is 7.98. The lowest BCUT2D eigenvalue weighted by atomic mass is 9.92. The average molecular weight is 363 g/mol. The summed E-state index contributed by atoms with van der Waals surface area (Å²) < 4.78 is 38.7. The molecule has 1 aromatic carbocycles. The summed E-state index contributed by atoms with van der Waals surface area (Å²) in [5.74, 6) is 0.427. The van der Waals surface area contributed by atoms with Crippen LogP contribution in [-0.4, -0.2) is 37.5 Å². The van der Waals surface area contributed by atoms with Gasteiger partial charge in [-0.2, -0.15) is 13.2 Å². The molecule has 0 aromatic heterocycles. The van der Waals surface area contributed by atoms with E-state index < -0.39 is 17.2 Å². The Labute approximate surface area is 146 Å². The molecule has 0 spiro atoms. The molecule has 2 aliphatic rings. The van der Waals surface area contributed by atoms with E-state index in [0.717, 1.165) is 25.1 Å². The second-order valence-electron chi connectivity index (χ2n) is 6.62. The number of hydrogen-bond donors (Lipinski definition) is 1. The molecule has 1 unspecified atom stereocenters. The number of alkyl halides is 3. The summed E-state index contributed by atoms with van der Waals surface area (Å²) >= 11 is 0. The molecule has 1 N–H and O–H groups in total. The number of rotatable bonds is 4. The lowest BCUT2D eigenvalue weighted by Gasteiger charge is -2.24. The maximum absolute atomic E-state index is 12.9. The van der Waals surface area contributed by atoms with E-state index in [1.54, 1.807) is 6.07 Å². The van der Waals surface area contributed by atoms with Gasteiger partial charge in [0, 0.05) is 13.1 Å². The standard InChI is InChI=1S/C17H21F3N2O.ClH/c1-21-10-12-5-8-22(11-12)15(23)16(6-7-16)13-3-2-4-14(9-13)17(18,19)20;/h2-4,9,12,21H,5-8,10-11H2,1H3;1H. The molecular formula is C17H22ClF3N2O. The van der Waals surface area contributed by atoms with Crippen LogP contribution in [-0.2, 0) is 16.4 Å². The van der Waals surface area contributed by atoms with Gasteiger partial charge in [0.1, 0.15) is 0 Å². The van der Waals surface area contributed by atoms with Crippen molar-refractivity contribution in [1.29, 1.82) is 0 Å². The third-order valence-electron chi connectivity index (χ3n) is 4.97. The normalized spacial score (nSPS) is 22.2. The lowest BCUT2D eigenvalue weighted by Crippen LogP contribution is -2.38. The Bertz CT molecular complexity index is 602. The summed E-state index contributed by atoms with van der Waals surface area (Å²) in [6.07, 6.45) is -2.15. The molecular weight excluding hydrogens is 341 g/mol. The van der Waals surface area contributed by atoms with E-state index in [2.05, 4.69) is 5.32 Å². The Morgan fingerprint density at radius 1 is 1.38 bits per heavy atom. The van der Waals surface area contributed by atoms with Crippen LogP contribution < -0.4 is 5.32 Å². The Balaban J connectivity index is 0.00000208. The van der Waals surface area contributed by atoms with Gasteiger partial charge in [-0.3, -0.25) is 4.79 Å². The van der Waals surface area contributed by atoms with Crippen molar-refractivity contribution >= 4 is 18.3 Å². The minimum Gasteiger partial charge on any atom is -0.342 e. The van der Waals surface area contributed by atoms with Gasteiger partial charge in [-0.25, -0.2) is 0 Å². The van der Waals surface area contributed by atoms with Gasteiger partial charge in [-0.15, -0.1) is 12.4 Å². The van der Waals surface area contributed by atoms with Crippen LogP contribution in [0.4, 0.5) is 13.2 Å². The molecule has 3 rings (SSSR count). The van der Waals surface area contributed by atoms with Crippen molar-refractivity contribution in [3.05, 3.63) is 35.4 Å². The fourth-order valence-corrected chi connectivity index (χ4v) is 3.52. The molecule has 3 nitrogen and oxygen atoms in total. The first kappa shape index (κ1) is 19.1. The number of likely N-dealkylation sites (tertiary alicyclic amines) is 1. The van der Waals surface area contributed by atoms with Gasteiger partial charge in [0.2, 0.25) is 5.91 Å². The van der Waals surface area contributed by atoms with E-state index in [0.29, 0.717) is 37.4 Å². The molecule has 1 amide bonds. The zero-order valence-electron chi connectivity index (χ0n) is 13.5. The highest BCUT2D eigenvalue weighted by atomic mass is 35.5. The van der Waals surface area contributed by atoms with Crippen LogP contribution in [0.25, 0.3) is 0 Å². The van der Waals surface area contributed by atoms with Crippen LogP contribution in [0.1, 0.15) is 30.4 Å². The van der Waals surface area contributed by atoms with Crippen LogP contribution in [0, 0.1) is 5.92 Å². The Hall–Kier alpha value is -1.27. The quantitative estimate of drug-likeness (QED) is 0.892. The van der Waals surface area contributed by atoms with Crippen molar-refractivity contribution in [2.24, 2.45) is 5.92 Å². The lowest BCUT2D eigenvalue weighted by molar-refractivity contribution is -0.138. The fraction of sp³-hybridized carbons (Fsp3) is 0.588. The minimum atomic E-state index is -4.37. The van der Waals surface area contributed by atoms with Crippen molar-refractivity contribution in [3.63, 3.8) is 0 Å². The maximum atomic E-state index is 12.9. The number of halogens is 4. The van der Waals surface area contributed by atoms with Crippen molar-refractivity contribution in [2.75, 3.05) is 26.7 Å². The minimum absolute atomic E-state index is 0. The summed E-state index contributed by atoms with van der Waals surface area (Å²) in [5.41, 5.74) is -0.895. The Morgan fingerprint density at radius 3 is 2.67 bits per heavy atom. The third kappa shape index (κ3) is 3.54. The number of carbonyl (C=O) groups is 1. The SMILES string of the molecule is CNCC1CCN(C(=O)C2(c3cccc(C(F)(F)F)c3)CC2)C1.Cl. The third-order valence-corrected chi connectivity index (χ3v) is 4.97. The number of nitrogens with zero attached hydrogens (tertiary/aromatic N) is 1. The summed E-state index contributed by atoms with van der Waals surface area (Å²) in [5, 5.41) is 3.12. The van der Waals surface area contributed by atoms with Gasteiger partial charge in [-0.1, -0.05) is 18.2 Å². The number of carbonyl (C=O) groups excluding carboxylic acids is 1. The van der Waals surface area contributed by atoms with E-state index >= 15 is 0 Å². The highest BCUT2D eigenvalue weighted by Crippen LogP contribution is 2.51. The molecule has 2 fully saturated rings. The van der Waals surface area contributed by atoms with E-state index in [1.807, 2.05) is 11.9 Å². The summed E-state index contributed by atoms with van der Waals surface area (Å²) in [6.45, 7) is 2.26. The predicted molar refractivity (Wildman–Crippen MR) is 88.2 cm³/mol. The number of amides is 1.